The summed E-state index contributed by atoms with van der Waals surface area (Å²) in [6.45, 7) is 2.48. The zero-order valence-corrected chi connectivity index (χ0v) is 13.4. The van der Waals surface area contributed by atoms with Gasteiger partial charge in [-0.3, -0.25) is 19.4 Å². The van der Waals surface area contributed by atoms with Crippen LogP contribution in [0.25, 0.3) is 10.8 Å². The summed E-state index contributed by atoms with van der Waals surface area (Å²) in [6, 6.07) is 11.1. The van der Waals surface area contributed by atoms with Gasteiger partial charge >= 0.3 is 0 Å². The highest BCUT2D eigenvalue weighted by Crippen LogP contribution is 2.29. The molecule has 5 nitrogen and oxygen atoms in total. The van der Waals surface area contributed by atoms with E-state index >= 15 is 0 Å². The molecule has 2 aliphatic rings. The van der Waals surface area contributed by atoms with E-state index in [1.165, 1.54) is 4.90 Å². The molecule has 1 N–H and O–H groups in total. The number of likely N-dealkylation sites (tertiary alicyclic amines) is 1. The third-order valence-electron chi connectivity index (χ3n) is 4.98. The van der Waals surface area contributed by atoms with Gasteiger partial charge in [0.2, 0.25) is 0 Å². The molecule has 1 atom stereocenters. The summed E-state index contributed by atoms with van der Waals surface area (Å²) in [4.78, 5) is 29.0. The van der Waals surface area contributed by atoms with E-state index < -0.39 is 0 Å². The molecule has 2 amide bonds. The average molecular weight is 324 g/mol. The van der Waals surface area contributed by atoms with Gasteiger partial charge in [-0.25, -0.2) is 0 Å². The van der Waals surface area contributed by atoms with Crippen LogP contribution in [-0.4, -0.2) is 59.0 Å². The van der Waals surface area contributed by atoms with Crippen LogP contribution in [0.1, 0.15) is 33.6 Å². The molecule has 124 valence electrons. The highest BCUT2D eigenvalue weighted by Gasteiger charge is 2.32. The van der Waals surface area contributed by atoms with Crippen LogP contribution >= 0.6 is 0 Å². The molecular weight excluding hydrogens is 304 g/mol. The second-order valence-electron chi connectivity index (χ2n) is 6.57. The number of hydrogen-bond donors (Lipinski definition) is 1. The van der Waals surface area contributed by atoms with Crippen molar-refractivity contribution in [2.45, 2.75) is 18.9 Å². The van der Waals surface area contributed by atoms with Gasteiger partial charge in [-0.2, -0.15) is 0 Å². The van der Waals surface area contributed by atoms with E-state index in [4.69, 9.17) is 0 Å². The van der Waals surface area contributed by atoms with Crippen LogP contribution in [-0.2, 0) is 0 Å². The van der Waals surface area contributed by atoms with Crippen LogP contribution in [0.5, 0.6) is 0 Å². The van der Waals surface area contributed by atoms with Crippen molar-refractivity contribution in [3.8, 4) is 0 Å². The Bertz CT molecular complexity index is 767. The van der Waals surface area contributed by atoms with Gasteiger partial charge in [0.1, 0.15) is 0 Å². The SMILES string of the molecule is O=C1c2cccc3cccc(c23)C(=O)N1CCN1CCCC(O)C1. The molecule has 24 heavy (non-hydrogen) atoms. The van der Waals surface area contributed by atoms with Crippen LogP contribution in [0.15, 0.2) is 36.4 Å². The lowest BCUT2D eigenvalue weighted by Crippen LogP contribution is -2.47. The van der Waals surface area contributed by atoms with E-state index in [1.807, 2.05) is 24.3 Å². The van der Waals surface area contributed by atoms with Gasteiger partial charge in [0, 0.05) is 36.1 Å². The summed E-state index contributed by atoms with van der Waals surface area (Å²) in [5.74, 6) is -0.441. The lowest BCUT2D eigenvalue weighted by Gasteiger charge is -2.33. The minimum absolute atomic E-state index is 0.221. The molecular formula is C19H20N2O3. The van der Waals surface area contributed by atoms with Crippen molar-refractivity contribution in [3.63, 3.8) is 0 Å². The van der Waals surface area contributed by atoms with E-state index in [0.717, 1.165) is 30.2 Å². The first kappa shape index (κ1) is 15.3. The van der Waals surface area contributed by atoms with Crippen molar-refractivity contribution < 1.29 is 14.7 Å². The summed E-state index contributed by atoms with van der Waals surface area (Å²) < 4.78 is 0. The molecule has 0 radical (unpaired) electrons. The van der Waals surface area contributed by atoms with Gasteiger partial charge in [-0.05, 0) is 36.9 Å². The molecule has 2 aromatic rings. The van der Waals surface area contributed by atoms with Gasteiger partial charge in [0.05, 0.1) is 6.10 Å². The molecule has 0 bridgehead atoms. The fourth-order valence-corrected chi connectivity index (χ4v) is 3.76. The normalized spacial score (nSPS) is 21.5. The van der Waals surface area contributed by atoms with Crippen molar-refractivity contribution in [2.24, 2.45) is 0 Å². The zero-order valence-electron chi connectivity index (χ0n) is 13.4. The van der Waals surface area contributed by atoms with Crippen LogP contribution in [0, 0.1) is 0 Å². The standard InChI is InChI=1S/C19H20N2O3/c22-14-6-3-9-20(12-14)10-11-21-18(23)15-7-1-4-13-5-2-8-16(17(13)15)19(21)24/h1-2,4-5,7-8,14,22H,3,6,9-12H2. The molecule has 0 spiro atoms. The predicted octanol–water partition coefficient (Wildman–Crippen LogP) is 1.89. The number of aliphatic hydroxyl groups is 1. The van der Waals surface area contributed by atoms with Gasteiger partial charge in [-0.1, -0.05) is 24.3 Å². The fourth-order valence-electron chi connectivity index (χ4n) is 3.76. The Morgan fingerprint density at radius 1 is 1.00 bits per heavy atom. The quantitative estimate of drug-likeness (QED) is 0.876. The number of hydrogen-bond acceptors (Lipinski definition) is 4. The van der Waals surface area contributed by atoms with E-state index in [-0.39, 0.29) is 17.9 Å². The number of nitrogens with zero attached hydrogens (tertiary/aromatic N) is 2. The minimum Gasteiger partial charge on any atom is -0.392 e. The van der Waals surface area contributed by atoms with Crippen LogP contribution < -0.4 is 0 Å². The lowest BCUT2D eigenvalue weighted by atomic mass is 9.94. The highest BCUT2D eigenvalue weighted by atomic mass is 16.3. The molecule has 0 aromatic heterocycles. The Hall–Kier alpha value is -2.24. The number of benzene rings is 2. The van der Waals surface area contributed by atoms with Crippen LogP contribution in [0.4, 0.5) is 0 Å². The molecule has 0 aliphatic carbocycles. The van der Waals surface area contributed by atoms with E-state index in [0.29, 0.717) is 30.8 Å². The summed E-state index contributed by atoms with van der Waals surface area (Å²) in [5.41, 5.74) is 1.20. The molecule has 0 saturated carbocycles. The average Bonchev–Trinajstić information content (AvgIpc) is 2.59. The molecule has 1 saturated heterocycles. The number of aliphatic hydroxyl groups excluding tert-OH is 1. The van der Waals surface area contributed by atoms with Crippen molar-refractivity contribution in [3.05, 3.63) is 47.5 Å². The summed E-state index contributed by atoms with van der Waals surface area (Å²) >= 11 is 0. The summed E-state index contributed by atoms with van der Waals surface area (Å²) in [5, 5.41) is 11.4. The van der Waals surface area contributed by atoms with Crippen molar-refractivity contribution in [1.82, 2.24) is 9.80 Å². The maximum absolute atomic E-state index is 12.8. The van der Waals surface area contributed by atoms with Gasteiger partial charge < -0.3 is 5.11 Å². The van der Waals surface area contributed by atoms with E-state index in [2.05, 4.69) is 4.90 Å². The Morgan fingerprint density at radius 2 is 1.67 bits per heavy atom. The number of imide groups is 1. The maximum Gasteiger partial charge on any atom is 0.261 e. The first-order chi connectivity index (χ1) is 11.6. The van der Waals surface area contributed by atoms with Gasteiger partial charge in [0.15, 0.2) is 0 Å². The molecule has 2 aliphatic heterocycles. The van der Waals surface area contributed by atoms with Gasteiger partial charge in [-0.15, -0.1) is 0 Å². The Morgan fingerprint density at radius 3 is 2.29 bits per heavy atom. The minimum atomic E-state index is -0.305. The number of carbonyl (C=O) groups is 2. The maximum atomic E-state index is 12.8. The lowest BCUT2D eigenvalue weighted by molar-refractivity contribution is 0.0509. The molecule has 1 fully saturated rings. The number of rotatable bonds is 3. The number of piperidine rings is 1. The molecule has 5 heteroatoms. The third-order valence-corrected chi connectivity index (χ3v) is 4.98. The van der Waals surface area contributed by atoms with E-state index in [9.17, 15) is 14.7 Å². The first-order valence-electron chi connectivity index (χ1n) is 8.43. The second-order valence-corrected chi connectivity index (χ2v) is 6.57. The predicted molar refractivity (Wildman–Crippen MR) is 91.0 cm³/mol. The first-order valence-corrected chi connectivity index (χ1v) is 8.43. The second kappa shape index (κ2) is 6.00. The Kier molecular flexibility index (Phi) is 3.82. The monoisotopic (exact) mass is 324 g/mol. The zero-order chi connectivity index (χ0) is 16.7. The van der Waals surface area contributed by atoms with Crippen molar-refractivity contribution in [1.29, 1.82) is 0 Å². The number of β-amino-alcohol motifs (C(OH)–C–C–N with tert-alkyl or cyclic N) is 1. The molecule has 2 heterocycles. The third kappa shape index (κ3) is 2.50. The molecule has 1 unspecified atom stereocenters. The topological polar surface area (TPSA) is 60.9 Å². The van der Waals surface area contributed by atoms with Gasteiger partial charge in [0.25, 0.3) is 11.8 Å². The van der Waals surface area contributed by atoms with Crippen molar-refractivity contribution in [2.75, 3.05) is 26.2 Å². The highest BCUT2D eigenvalue weighted by molar-refractivity contribution is 6.25. The fraction of sp³-hybridized carbons (Fsp3) is 0.368. The molecule has 2 aromatic carbocycles. The Labute approximate surface area is 140 Å². The smallest absolute Gasteiger partial charge is 0.261 e. The largest absolute Gasteiger partial charge is 0.392 e. The number of carbonyl (C=O) groups excluding carboxylic acids is 2. The van der Waals surface area contributed by atoms with E-state index in [1.54, 1.807) is 12.1 Å². The molecule has 4 rings (SSSR count). The Balaban J connectivity index is 1.60. The summed E-state index contributed by atoms with van der Waals surface area (Å²) in [6.07, 6.45) is 1.47. The van der Waals surface area contributed by atoms with Crippen molar-refractivity contribution >= 4 is 22.6 Å². The number of amides is 2. The van der Waals surface area contributed by atoms with Crippen LogP contribution in [0.2, 0.25) is 0 Å². The summed E-state index contributed by atoms with van der Waals surface area (Å²) in [7, 11) is 0. The van der Waals surface area contributed by atoms with Crippen LogP contribution in [0.3, 0.4) is 0 Å².